The number of rotatable bonds is 6. The van der Waals surface area contributed by atoms with E-state index in [9.17, 15) is 8.42 Å². The molecule has 2 aromatic rings. The van der Waals surface area contributed by atoms with E-state index < -0.39 is 9.84 Å². The molecule has 4 rings (SSSR count). The lowest BCUT2D eigenvalue weighted by molar-refractivity contribution is 0.344. The number of ether oxygens (including phenoxy) is 2. The van der Waals surface area contributed by atoms with Crippen molar-refractivity contribution in [2.45, 2.75) is 12.1 Å². The number of aliphatic imine (C=N–C) groups is 1. The highest BCUT2D eigenvalue weighted by atomic mass is 32.2. The van der Waals surface area contributed by atoms with E-state index in [4.69, 9.17) is 14.5 Å². The van der Waals surface area contributed by atoms with Crippen LogP contribution in [0.25, 0.3) is 0 Å². The van der Waals surface area contributed by atoms with Crippen LogP contribution in [0, 0.1) is 0 Å². The molecule has 148 valence electrons. The molecule has 0 aromatic heterocycles. The second kappa shape index (κ2) is 8.05. The van der Waals surface area contributed by atoms with Crippen LogP contribution in [0.3, 0.4) is 0 Å². The average Bonchev–Trinajstić information content (AvgIpc) is 3.17. The smallest absolute Gasteiger partial charge is 0.164 e. The molecule has 1 fully saturated rings. The number of thioether (sulfide) groups is 1. The van der Waals surface area contributed by atoms with Gasteiger partial charge < -0.3 is 14.4 Å². The molecule has 0 spiro atoms. The summed E-state index contributed by atoms with van der Waals surface area (Å²) in [6.45, 7) is 0.543. The van der Waals surface area contributed by atoms with Gasteiger partial charge in [0.25, 0.3) is 0 Å². The van der Waals surface area contributed by atoms with Crippen molar-refractivity contribution in [2.24, 2.45) is 4.99 Å². The van der Waals surface area contributed by atoms with E-state index in [1.54, 1.807) is 18.9 Å². The summed E-state index contributed by atoms with van der Waals surface area (Å²) in [6.07, 6.45) is 0. The fourth-order valence-electron chi connectivity index (χ4n) is 3.55. The quantitative estimate of drug-likeness (QED) is 0.672. The molecule has 8 heteroatoms. The minimum absolute atomic E-state index is 0.105. The maximum Gasteiger partial charge on any atom is 0.164 e. The second-order valence-electron chi connectivity index (χ2n) is 6.68. The van der Waals surface area contributed by atoms with Crippen molar-refractivity contribution in [2.75, 3.05) is 35.9 Å². The Morgan fingerprint density at radius 1 is 1.11 bits per heavy atom. The normalized spacial score (nSPS) is 22.6. The fourth-order valence-corrected chi connectivity index (χ4v) is 6.33. The third-order valence-corrected chi connectivity index (χ3v) is 7.41. The molecule has 2 aliphatic rings. The highest BCUT2D eigenvalue weighted by Gasteiger charge is 2.47. The standard InChI is InChI=1S/C20H22N2O4S2/c1-25-19-10-6-5-9-17(19)22-18-14-28(23,24)13-16(18)21-20(22)27-12-11-26-15-7-3-2-4-8-15/h2-10,16,18H,11-14H2,1H3/t16-,18+/m0/s1. The zero-order valence-electron chi connectivity index (χ0n) is 15.5. The van der Waals surface area contributed by atoms with Gasteiger partial charge in [-0.15, -0.1) is 0 Å². The van der Waals surface area contributed by atoms with Crippen molar-refractivity contribution >= 4 is 32.5 Å². The monoisotopic (exact) mass is 418 g/mol. The van der Waals surface area contributed by atoms with E-state index in [0.717, 1.165) is 16.6 Å². The molecule has 0 bridgehead atoms. The maximum absolute atomic E-state index is 12.1. The summed E-state index contributed by atoms with van der Waals surface area (Å²) >= 11 is 1.58. The summed E-state index contributed by atoms with van der Waals surface area (Å²) in [5, 5.41) is 0.825. The molecule has 0 amide bonds. The van der Waals surface area contributed by atoms with Crippen molar-refractivity contribution in [3.8, 4) is 11.5 Å². The van der Waals surface area contributed by atoms with Gasteiger partial charge in [0.1, 0.15) is 11.5 Å². The molecule has 2 atom stereocenters. The van der Waals surface area contributed by atoms with E-state index in [0.29, 0.717) is 18.1 Å². The minimum Gasteiger partial charge on any atom is -0.495 e. The minimum atomic E-state index is -3.07. The van der Waals surface area contributed by atoms with Gasteiger partial charge in [0.2, 0.25) is 0 Å². The van der Waals surface area contributed by atoms with Crippen LogP contribution in [0.5, 0.6) is 11.5 Å². The van der Waals surface area contributed by atoms with Crippen molar-refractivity contribution in [3.63, 3.8) is 0 Å². The summed E-state index contributed by atoms with van der Waals surface area (Å²) in [5.74, 6) is 2.48. The number of nitrogens with zero attached hydrogens (tertiary/aromatic N) is 2. The van der Waals surface area contributed by atoms with Gasteiger partial charge in [-0.3, -0.25) is 4.99 Å². The SMILES string of the molecule is COc1ccccc1N1C(SCCOc2ccccc2)=N[C@H]2CS(=O)(=O)C[C@H]21. The van der Waals surface area contributed by atoms with Gasteiger partial charge in [-0.1, -0.05) is 42.1 Å². The molecule has 1 saturated heterocycles. The van der Waals surface area contributed by atoms with Crippen molar-refractivity contribution in [1.82, 2.24) is 0 Å². The maximum atomic E-state index is 12.1. The van der Waals surface area contributed by atoms with E-state index >= 15 is 0 Å². The molecule has 6 nitrogen and oxygen atoms in total. The average molecular weight is 419 g/mol. The number of amidine groups is 1. The number of sulfone groups is 1. The van der Waals surface area contributed by atoms with Crippen LogP contribution in [0.15, 0.2) is 59.6 Å². The highest BCUT2D eigenvalue weighted by molar-refractivity contribution is 8.14. The number of benzene rings is 2. The van der Waals surface area contributed by atoms with Crippen LogP contribution in [0.1, 0.15) is 0 Å². The number of methoxy groups -OCH3 is 1. The first-order valence-electron chi connectivity index (χ1n) is 9.08. The Balaban J connectivity index is 1.51. The van der Waals surface area contributed by atoms with Gasteiger partial charge in [-0.25, -0.2) is 8.42 Å². The van der Waals surface area contributed by atoms with Crippen LogP contribution in [-0.2, 0) is 9.84 Å². The number of hydrogen-bond acceptors (Lipinski definition) is 7. The first-order chi connectivity index (χ1) is 13.6. The van der Waals surface area contributed by atoms with Crippen LogP contribution >= 0.6 is 11.8 Å². The van der Waals surface area contributed by atoms with Gasteiger partial charge in [0.05, 0.1) is 43.0 Å². The molecule has 0 saturated carbocycles. The van der Waals surface area contributed by atoms with Gasteiger partial charge >= 0.3 is 0 Å². The number of fused-ring (bicyclic) bond motifs is 1. The van der Waals surface area contributed by atoms with E-state index in [1.165, 1.54) is 0 Å². The highest BCUT2D eigenvalue weighted by Crippen LogP contribution is 2.39. The Morgan fingerprint density at radius 3 is 2.64 bits per heavy atom. The van der Waals surface area contributed by atoms with Crippen molar-refractivity contribution < 1.29 is 17.9 Å². The molecular weight excluding hydrogens is 396 g/mol. The Hall–Kier alpha value is -2.19. The van der Waals surface area contributed by atoms with Crippen LogP contribution < -0.4 is 14.4 Å². The second-order valence-corrected chi connectivity index (χ2v) is 9.89. The Bertz CT molecular complexity index is 963. The van der Waals surface area contributed by atoms with Crippen molar-refractivity contribution in [1.29, 1.82) is 0 Å². The topological polar surface area (TPSA) is 68.2 Å². The number of para-hydroxylation sites is 3. The lowest BCUT2D eigenvalue weighted by Gasteiger charge is -2.27. The Kier molecular flexibility index (Phi) is 5.50. The van der Waals surface area contributed by atoms with Crippen LogP contribution in [0.2, 0.25) is 0 Å². The third-order valence-electron chi connectivity index (χ3n) is 4.78. The van der Waals surface area contributed by atoms with Crippen LogP contribution in [0.4, 0.5) is 5.69 Å². The fraction of sp³-hybridized carbons (Fsp3) is 0.350. The number of anilines is 1. The van der Waals surface area contributed by atoms with Gasteiger partial charge in [-0.05, 0) is 24.3 Å². The van der Waals surface area contributed by atoms with E-state index in [1.807, 2.05) is 59.5 Å². The summed E-state index contributed by atoms with van der Waals surface area (Å²) in [6, 6.07) is 16.9. The zero-order valence-corrected chi connectivity index (χ0v) is 17.2. The summed E-state index contributed by atoms with van der Waals surface area (Å²) in [7, 11) is -1.45. The first kappa shape index (κ1) is 19.1. The molecule has 0 aliphatic carbocycles. The molecular formula is C20H22N2O4S2. The Labute approximate surface area is 169 Å². The first-order valence-corrected chi connectivity index (χ1v) is 11.9. The predicted octanol–water partition coefficient (Wildman–Crippen LogP) is 2.85. The largest absolute Gasteiger partial charge is 0.495 e. The molecule has 0 N–H and O–H groups in total. The Morgan fingerprint density at radius 2 is 1.86 bits per heavy atom. The van der Waals surface area contributed by atoms with Crippen LogP contribution in [-0.4, -0.2) is 56.6 Å². The zero-order chi connectivity index (χ0) is 19.6. The molecule has 2 heterocycles. The van der Waals surface area contributed by atoms with Gasteiger partial charge in [0, 0.05) is 5.75 Å². The van der Waals surface area contributed by atoms with Gasteiger partial charge in [0.15, 0.2) is 15.0 Å². The molecule has 0 radical (unpaired) electrons. The lowest BCUT2D eigenvalue weighted by atomic mass is 10.1. The molecule has 0 unspecified atom stereocenters. The molecule has 28 heavy (non-hydrogen) atoms. The molecule has 2 aromatic carbocycles. The van der Waals surface area contributed by atoms with Crippen molar-refractivity contribution in [3.05, 3.63) is 54.6 Å². The summed E-state index contributed by atoms with van der Waals surface area (Å²) < 4.78 is 35.6. The summed E-state index contributed by atoms with van der Waals surface area (Å²) in [5.41, 5.74) is 0.852. The summed E-state index contributed by atoms with van der Waals surface area (Å²) in [4.78, 5) is 6.77. The number of hydrogen-bond donors (Lipinski definition) is 0. The molecule has 2 aliphatic heterocycles. The van der Waals surface area contributed by atoms with E-state index in [-0.39, 0.29) is 23.6 Å². The van der Waals surface area contributed by atoms with E-state index in [2.05, 4.69) is 0 Å². The third kappa shape index (κ3) is 3.98. The lowest BCUT2D eigenvalue weighted by Crippen LogP contribution is -2.39. The van der Waals surface area contributed by atoms with Gasteiger partial charge in [-0.2, -0.15) is 0 Å². The predicted molar refractivity (Wildman–Crippen MR) is 114 cm³/mol.